The standard InChI is InChI=1S/C20H18F8O2/c1-17(2,15-8-13(21)3-4-16(15)29)10-18(30,20(26,27)28)9-11-5-12(19(23,24)25)7-14(22)6-11/h3-8,29-30H,9-10H2,1-2H3. The van der Waals surface area contributed by atoms with Crippen LogP contribution in [0, 0.1) is 11.6 Å². The predicted molar refractivity (Wildman–Crippen MR) is 91.8 cm³/mol. The zero-order valence-electron chi connectivity index (χ0n) is 15.8. The smallest absolute Gasteiger partial charge is 0.417 e. The first-order valence-corrected chi connectivity index (χ1v) is 8.59. The van der Waals surface area contributed by atoms with E-state index in [1.165, 1.54) is 13.8 Å². The lowest BCUT2D eigenvalue weighted by atomic mass is 9.72. The minimum Gasteiger partial charge on any atom is -0.508 e. The van der Waals surface area contributed by atoms with Gasteiger partial charge >= 0.3 is 12.4 Å². The van der Waals surface area contributed by atoms with Crippen molar-refractivity contribution in [1.82, 2.24) is 0 Å². The first-order chi connectivity index (χ1) is 13.4. The molecule has 0 heterocycles. The molecule has 10 heteroatoms. The Morgan fingerprint density at radius 2 is 1.43 bits per heavy atom. The van der Waals surface area contributed by atoms with E-state index in [0.717, 1.165) is 18.2 Å². The van der Waals surface area contributed by atoms with Crippen molar-refractivity contribution < 1.29 is 45.3 Å². The minimum absolute atomic E-state index is 0.130. The van der Waals surface area contributed by atoms with Crippen molar-refractivity contribution in [3.63, 3.8) is 0 Å². The van der Waals surface area contributed by atoms with E-state index in [1.54, 1.807) is 0 Å². The monoisotopic (exact) mass is 442 g/mol. The molecule has 2 aromatic rings. The summed E-state index contributed by atoms with van der Waals surface area (Å²) in [7, 11) is 0. The van der Waals surface area contributed by atoms with Crippen LogP contribution in [0.2, 0.25) is 0 Å². The maximum Gasteiger partial charge on any atom is 0.417 e. The lowest BCUT2D eigenvalue weighted by Crippen LogP contribution is -2.50. The van der Waals surface area contributed by atoms with E-state index in [-0.39, 0.29) is 11.6 Å². The van der Waals surface area contributed by atoms with Crippen LogP contribution in [0.4, 0.5) is 35.1 Å². The van der Waals surface area contributed by atoms with Gasteiger partial charge in [0.1, 0.15) is 17.4 Å². The first kappa shape index (κ1) is 23.9. The molecule has 1 atom stereocenters. The number of hydrogen-bond donors (Lipinski definition) is 2. The largest absolute Gasteiger partial charge is 0.508 e. The molecule has 166 valence electrons. The van der Waals surface area contributed by atoms with Gasteiger partial charge in [0.2, 0.25) is 0 Å². The molecule has 30 heavy (non-hydrogen) atoms. The fraction of sp³-hybridized carbons (Fsp3) is 0.400. The van der Waals surface area contributed by atoms with Crippen molar-refractivity contribution in [2.24, 2.45) is 0 Å². The molecule has 0 saturated carbocycles. The summed E-state index contributed by atoms with van der Waals surface area (Å²) >= 11 is 0. The van der Waals surface area contributed by atoms with Gasteiger partial charge in [-0.2, -0.15) is 26.3 Å². The average Bonchev–Trinajstić information content (AvgIpc) is 2.54. The molecule has 2 aromatic carbocycles. The number of rotatable bonds is 5. The van der Waals surface area contributed by atoms with Gasteiger partial charge in [0.15, 0.2) is 5.60 Å². The quantitative estimate of drug-likeness (QED) is 0.567. The number of phenolic OH excluding ortho intramolecular Hbond substituents is 1. The van der Waals surface area contributed by atoms with E-state index in [2.05, 4.69) is 0 Å². The number of phenols is 1. The van der Waals surface area contributed by atoms with Crippen molar-refractivity contribution in [2.75, 3.05) is 0 Å². The van der Waals surface area contributed by atoms with Crippen molar-refractivity contribution in [2.45, 2.75) is 50.1 Å². The summed E-state index contributed by atoms with van der Waals surface area (Å²) in [6, 6.07) is 3.55. The molecule has 0 aromatic heterocycles. The maximum atomic E-state index is 13.7. The molecule has 2 nitrogen and oxygen atoms in total. The van der Waals surface area contributed by atoms with Gasteiger partial charge in [-0.25, -0.2) is 8.78 Å². The van der Waals surface area contributed by atoms with Gasteiger partial charge in [-0.05, 0) is 53.8 Å². The molecule has 0 aliphatic heterocycles. The first-order valence-electron chi connectivity index (χ1n) is 8.59. The van der Waals surface area contributed by atoms with Gasteiger partial charge in [-0.15, -0.1) is 0 Å². The highest BCUT2D eigenvalue weighted by Crippen LogP contribution is 2.45. The van der Waals surface area contributed by atoms with Gasteiger partial charge in [-0.3, -0.25) is 0 Å². The molecular formula is C20H18F8O2. The fourth-order valence-corrected chi connectivity index (χ4v) is 3.39. The molecule has 0 aliphatic rings. The van der Waals surface area contributed by atoms with Gasteiger partial charge in [0.25, 0.3) is 0 Å². The molecule has 0 amide bonds. The van der Waals surface area contributed by atoms with E-state index < -0.39 is 64.7 Å². The van der Waals surface area contributed by atoms with E-state index in [1.807, 2.05) is 0 Å². The number of alkyl halides is 6. The summed E-state index contributed by atoms with van der Waals surface area (Å²) in [5.41, 5.74) is -7.70. The Bertz CT molecular complexity index is 918. The van der Waals surface area contributed by atoms with Crippen molar-refractivity contribution in [3.8, 4) is 5.75 Å². The summed E-state index contributed by atoms with van der Waals surface area (Å²) in [4.78, 5) is 0. The number of halogens is 8. The minimum atomic E-state index is -5.32. The fourth-order valence-electron chi connectivity index (χ4n) is 3.39. The van der Waals surface area contributed by atoms with E-state index >= 15 is 0 Å². The molecule has 2 rings (SSSR count). The lowest BCUT2D eigenvalue weighted by molar-refractivity contribution is -0.266. The molecule has 0 fully saturated rings. The highest BCUT2D eigenvalue weighted by atomic mass is 19.4. The molecule has 0 bridgehead atoms. The average molecular weight is 442 g/mol. The van der Waals surface area contributed by atoms with Crippen LogP contribution in [-0.4, -0.2) is 22.0 Å². The zero-order valence-corrected chi connectivity index (χ0v) is 15.8. The lowest BCUT2D eigenvalue weighted by Gasteiger charge is -2.38. The molecule has 0 radical (unpaired) electrons. The second-order valence-corrected chi connectivity index (χ2v) is 7.77. The van der Waals surface area contributed by atoms with Crippen LogP contribution < -0.4 is 0 Å². The van der Waals surface area contributed by atoms with Crippen LogP contribution in [0.5, 0.6) is 5.75 Å². The third kappa shape index (κ3) is 5.21. The molecule has 0 spiro atoms. The number of aromatic hydroxyl groups is 1. The van der Waals surface area contributed by atoms with Gasteiger partial charge in [0.05, 0.1) is 5.56 Å². The van der Waals surface area contributed by atoms with E-state index in [4.69, 9.17) is 0 Å². The maximum absolute atomic E-state index is 13.7. The summed E-state index contributed by atoms with van der Waals surface area (Å²) < 4.78 is 107. The molecule has 0 saturated heterocycles. The Hall–Kier alpha value is -2.36. The topological polar surface area (TPSA) is 40.5 Å². The Morgan fingerprint density at radius 3 is 1.97 bits per heavy atom. The SMILES string of the molecule is CC(C)(CC(O)(Cc1cc(F)cc(C(F)(F)F)c1)C(F)(F)F)c1cc(F)ccc1O. The summed E-state index contributed by atoms with van der Waals surface area (Å²) in [6.07, 6.45) is -12.8. The Kier molecular flexibility index (Phi) is 6.15. The summed E-state index contributed by atoms with van der Waals surface area (Å²) in [5.74, 6) is -2.77. The highest BCUT2D eigenvalue weighted by molar-refractivity contribution is 5.39. The zero-order chi connectivity index (χ0) is 23.1. The van der Waals surface area contributed by atoms with Crippen molar-refractivity contribution in [1.29, 1.82) is 0 Å². The van der Waals surface area contributed by atoms with Crippen LogP contribution in [-0.2, 0) is 18.0 Å². The Balaban J connectivity index is 2.49. The normalized spacial score (nSPS) is 15.2. The van der Waals surface area contributed by atoms with Gasteiger partial charge in [0, 0.05) is 12.0 Å². The second kappa shape index (κ2) is 7.72. The predicted octanol–water partition coefficient (Wildman–Crippen LogP) is 5.89. The molecule has 1 unspecified atom stereocenters. The molecular weight excluding hydrogens is 424 g/mol. The van der Waals surface area contributed by atoms with Gasteiger partial charge < -0.3 is 10.2 Å². The summed E-state index contributed by atoms with van der Waals surface area (Å²) in [6.45, 7) is 2.40. The number of aliphatic hydroxyl groups is 1. The van der Waals surface area contributed by atoms with E-state index in [9.17, 15) is 45.3 Å². The molecule has 0 aliphatic carbocycles. The third-order valence-electron chi connectivity index (χ3n) is 4.73. The molecule has 2 N–H and O–H groups in total. The Morgan fingerprint density at radius 1 is 0.833 bits per heavy atom. The third-order valence-corrected chi connectivity index (χ3v) is 4.73. The number of hydrogen-bond acceptors (Lipinski definition) is 2. The Labute approximate surface area is 166 Å². The second-order valence-electron chi connectivity index (χ2n) is 7.77. The van der Waals surface area contributed by atoms with E-state index in [0.29, 0.717) is 12.1 Å². The van der Waals surface area contributed by atoms with Crippen LogP contribution in [0.15, 0.2) is 36.4 Å². The van der Waals surface area contributed by atoms with Crippen molar-refractivity contribution >= 4 is 0 Å². The summed E-state index contributed by atoms with van der Waals surface area (Å²) in [5, 5.41) is 20.4. The van der Waals surface area contributed by atoms with Crippen LogP contribution in [0.25, 0.3) is 0 Å². The van der Waals surface area contributed by atoms with Gasteiger partial charge in [-0.1, -0.05) is 13.8 Å². The van der Waals surface area contributed by atoms with Crippen LogP contribution in [0.3, 0.4) is 0 Å². The van der Waals surface area contributed by atoms with Crippen LogP contribution in [0.1, 0.15) is 37.0 Å². The van der Waals surface area contributed by atoms with Crippen molar-refractivity contribution in [3.05, 3.63) is 64.7 Å². The number of benzene rings is 2. The highest BCUT2D eigenvalue weighted by Gasteiger charge is 2.56. The van der Waals surface area contributed by atoms with Crippen LogP contribution >= 0.6 is 0 Å².